The van der Waals surface area contributed by atoms with Crippen LogP contribution in [0.15, 0.2) is 29.4 Å². The molecule has 29 heavy (non-hydrogen) atoms. The fourth-order valence-corrected chi connectivity index (χ4v) is 4.60. The van der Waals surface area contributed by atoms with E-state index >= 15 is 0 Å². The molecule has 158 valence electrons. The van der Waals surface area contributed by atoms with E-state index in [0.29, 0.717) is 19.2 Å². The summed E-state index contributed by atoms with van der Waals surface area (Å²) in [6.45, 7) is 5.21. The van der Waals surface area contributed by atoms with Gasteiger partial charge in [0, 0.05) is 18.7 Å². The highest BCUT2D eigenvalue weighted by molar-refractivity contribution is 8.00. The minimum atomic E-state index is -0.228. The van der Waals surface area contributed by atoms with Crippen molar-refractivity contribution in [2.45, 2.75) is 75.4 Å². The number of hydrogen-bond acceptors (Lipinski definition) is 5. The monoisotopic (exact) mass is 416 g/mol. The second-order valence-corrected chi connectivity index (χ2v) is 9.09. The van der Waals surface area contributed by atoms with Crippen LogP contribution in [0.2, 0.25) is 0 Å². The Balaban J connectivity index is 1.72. The number of carbonyl (C=O) groups is 1. The quantitative estimate of drug-likeness (QED) is 0.515. The lowest BCUT2D eigenvalue weighted by atomic mass is 10.1. The van der Waals surface area contributed by atoms with Gasteiger partial charge in [-0.1, -0.05) is 61.2 Å². The largest absolute Gasteiger partial charge is 0.383 e. The normalized spacial score (nSPS) is 16.4. The Morgan fingerprint density at radius 3 is 2.72 bits per heavy atom. The lowest BCUT2D eigenvalue weighted by Crippen LogP contribution is -2.39. The number of ether oxygens (including phenoxy) is 1. The molecule has 0 radical (unpaired) electrons. The Morgan fingerprint density at radius 2 is 2.03 bits per heavy atom. The highest BCUT2D eigenvalue weighted by Gasteiger charge is 2.23. The van der Waals surface area contributed by atoms with E-state index in [4.69, 9.17) is 4.74 Å². The summed E-state index contributed by atoms with van der Waals surface area (Å²) in [5.41, 5.74) is 2.20. The van der Waals surface area contributed by atoms with E-state index in [0.717, 1.165) is 29.4 Å². The molecule has 0 bridgehead atoms. The molecule has 1 amide bonds. The highest BCUT2D eigenvalue weighted by Crippen LogP contribution is 2.28. The van der Waals surface area contributed by atoms with Gasteiger partial charge in [0.25, 0.3) is 0 Å². The number of aromatic nitrogens is 3. The maximum atomic E-state index is 12.8. The fraction of sp³-hybridized carbons (Fsp3) is 0.591. The first-order chi connectivity index (χ1) is 14.1. The number of benzene rings is 1. The summed E-state index contributed by atoms with van der Waals surface area (Å²) >= 11 is 1.46. The molecule has 7 heteroatoms. The summed E-state index contributed by atoms with van der Waals surface area (Å²) in [5.74, 6) is 0.893. The van der Waals surface area contributed by atoms with Gasteiger partial charge in [-0.25, -0.2) is 0 Å². The molecule has 1 aliphatic carbocycles. The van der Waals surface area contributed by atoms with E-state index in [1.165, 1.54) is 43.0 Å². The minimum Gasteiger partial charge on any atom is -0.383 e. The van der Waals surface area contributed by atoms with Gasteiger partial charge in [0.2, 0.25) is 5.91 Å². The molecule has 0 aliphatic heterocycles. The van der Waals surface area contributed by atoms with Crippen molar-refractivity contribution in [2.75, 3.05) is 13.7 Å². The van der Waals surface area contributed by atoms with Crippen molar-refractivity contribution in [3.05, 3.63) is 29.8 Å². The molecule has 6 nitrogen and oxygen atoms in total. The average Bonchev–Trinajstić information content (AvgIpc) is 2.92. The van der Waals surface area contributed by atoms with Crippen LogP contribution >= 0.6 is 11.8 Å². The lowest BCUT2D eigenvalue weighted by molar-refractivity contribution is -0.121. The zero-order valence-corrected chi connectivity index (χ0v) is 18.5. The van der Waals surface area contributed by atoms with Crippen molar-refractivity contribution in [3.8, 4) is 11.4 Å². The van der Waals surface area contributed by atoms with Crippen LogP contribution in [-0.4, -0.2) is 45.7 Å². The molecule has 2 aromatic rings. The summed E-state index contributed by atoms with van der Waals surface area (Å²) in [5, 5.41) is 12.6. The number of aryl methyl sites for hydroxylation is 1. The van der Waals surface area contributed by atoms with Crippen molar-refractivity contribution in [3.63, 3.8) is 0 Å². The van der Waals surface area contributed by atoms with Crippen LogP contribution in [0.25, 0.3) is 11.4 Å². The van der Waals surface area contributed by atoms with Crippen LogP contribution in [0.5, 0.6) is 0 Å². The van der Waals surface area contributed by atoms with E-state index in [1.54, 1.807) is 7.11 Å². The van der Waals surface area contributed by atoms with E-state index < -0.39 is 0 Å². The number of hydrogen-bond donors (Lipinski definition) is 1. The molecule has 0 spiro atoms. The van der Waals surface area contributed by atoms with Gasteiger partial charge in [-0.05, 0) is 32.8 Å². The van der Waals surface area contributed by atoms with Crippen LogP contribution in [0.1, 0.15) is 51.0 Å². The van der Waals surface area contributed by atoms with Gasteiger partial charge in [-0.15, -0.1) is 10.2 Å². The topological polar surface area (TPSA) is 69.0 Å². The summed E-state index contributed by atoms with van der Waals surface area (Å²) < 4.78 is 7.34. The third-order valence-electron chi connectivity index (χ3n) is 5.37. The van der Waals surface area contributed by atoms with Gasteiger partial charge in [-0.2, -0.15) is 0 Å². The average molecular weight is 417 g/mol. The molecular weight excluding hydrogens is 384 g/mol. The molecule has 1 fully saturated rings. The highest BCUT2D eigenvalue weighted by atomic mass is 32.2. The van der Waals surface area contributed by atoms with E-state index in [2.05, 4.69) is 39.1 Å². The van der Waals surface area contributed by atoms with Gasteiger partial charge in [0.05, 0.1) is 18.4 Å². The summed E-state index contributed by atoms with van der Waals surface area (Å²) in [7, 11) is 1.69. The van der Waals surface area contributed by atoms with Crippen molar-refractivity contribution in [1.82, 2.24) is 20.1 Å². The van der Waals surface area contributed by atoms with Gasteiger partial charge in [0.15, 0.2) is 11.0 Å². The summed E-state index contributed by atoms with van der Waals surface area (Å²) in [4.78, 5) is 12.8. The van der Waals surface area contributed by atoms with Gasteiger partial charge in [0.1, 0.15) is 0 Å². The molecule has 1 aliphatic rings. The van der Waals surface area contributed by atoms with Crippen molar-refractivity contribution in [2.24, 2.45) is 0 Å². The molecule has 1 atom stereocenters. The van der Waals surface area contributed by atoms with Crippen LogP contribution in [0.4, 0.5) is 0 Å². The number of carbonyl (C=O) groups excluding carboxylic acids is 1. The first kappa shape index (κ1) is 21.8. The zero-order valence-electron chi connectivity index (χ0n) is 17.7. The molecule has 1 heterocycles. The molecular formula is C22H32N4O2S. The first-order valence-corrected chi connectivity index (χ1v) is 11.4. The number of thioether (sulfide) groups is 1. The predicted molar refractivity (Wildman–Crippen MR) is 117 cm³/mol. The Bertz CT molecular complexity index is 800. The SMILES string of the molecule is COCCn1c(SC(C)C(=O)NC2CCCCCC2)nnc1-c1cccc(C)c1. The predicted octanol–water partition coefficient (Wildman–Crippen LogP) is 4.22. The molecule has 1 unspecified atom stereocenters. The van der Waals surface area contributed by atoms with E-state index in [1.807, 2.05) is 19.1 Å². The molecule has 3 rings (SSSR count). The van der Waals surface area contributed by atoms with Gasteiger partial charge >= 0.3 is 0 Å². The molecule has 1 saturated carbocycles. The third kappa shape index (κ3) is 6.06. The smallest absolute Gasteiger partial charge is 0.233 e. The second-order valence-electron chi connectivity index (χ2n) is 7.78. The van der Waals surface area contributed by atoms with Crippen molar-refractivity contribution >= 4 is 17.7 Å². The molecule has 1 aromatic heterocycles. The Kier molecular flexibility index (Phi) is 8.12. The fourth-order valence-electron chi connectivity index (χ4n) is 3.71. The Hall–Kier alpha value is -1.86. The standard InChI is InChI=1S/C22H32N4O2S/c1-16-9-8-10-18(15-16)20-24-25-22(26(20)13-14-28-3)29-17(2)21(27)23-19-11-6-4-5-7-12-19/h8-10,15,17,19H,4-7,11-14H2,1-3H3,(H,23,27). The van der Waals surface area contributed by atoms with Crippen LogP contribution < -0.4 is 5.32 Å². The summed E-state index contributed by atoms with van der Waals surface area (Å²) in [6, 6.07) is 8.54. The van der Waals surface area contributed by atoms with Crippen molar-refractivity contribution in [1.29, 1.82) is 0 Å². The zero-order chi connectivity index (χ0) is 20.6. The first-order valence-electron chi connectivity index (χ1n) is 10.5. The summed E-state index contributed by atoms with van der Waals surface area (Å²) in [6.07, 6.45) is 7.15. The molecule has 1 aromatic carbocycles. The Morgan fingerprint density at radius 1 is 1.28 bits per heavy atom. The van der Waals surface area contributed by atoms with Crippen LogP contribution in [0.3, 0.4) is 0 Å². The molecule has 0 saturated heterocycles. The van der Waals surface area contributed by atoms with E-state index in [-0.39, 0.29) is 11.2 Å². The Labute approximate surface area is 177 Å². The second kappa shape index (κ2) is 10.8. The minimum absolute atomic E-state index is 0.0836. The lowest BCUT2D eigenvalue weighted by Gasteiger charge is -2.19. The van der Waals surface area contributed by atoms with Crippen LogP contribution in [-0.2, 0) is 16.1 Å². The maximum absolute atomic E-state index is 12.8. The maximum Gasteiger partial charge on any atom is 0.233 e. The number of rotatable bonds is 8. The number of nitrogens with one attached hydrogen (secondary N) is 1. The third-order valence-corrected chi connectivity index (χ3v) is 6.45. The number of amides is 1. The van der Waals surface area contributed by atoms with Gasteiger partial charge in [-0.3, -0.25) is 9.36 Å². The van der Waals surface area contributed by atoms with Crippen LogP contribution in [0, 0.1) is 6.92 Å². The number of methoxy groups -OCH3 is 1. The molecule has 1 N–H and O–H groups in total. The van der Waals surface area contributed by atoms with Crippen molar-refractivity contribution < 1.29 is 9.53 Å². The number of nitrogens with zero attached hydrogens (tertiary/aromatic N) is 3. The van der Waals surface area contributed by atoms with Gasteiger partial charge < -0.3 is 10.1 Å². The van der Waals surface area contributed by atoms with E-state index in [9.17, 15) is 4.79 Å².